The molecule has 0 radical (unpaired) electrons. The van der Waals surface area contributed by atoms with Gasteiger partial charge in [0, 0.05) is 12.5 Å². The summed E-state index contributed by atoms with van der Waals surface area (Å²) >= 11 is 0. The second kappa shape index (κ2) is 3.63. The first kappa shape index (κ1) is 11.1. The van der Waals surface area contributed by atoms with Gasteiger partial charge in [0.15, 0.2) is 0 Å². The highest BCUT2D eigenvalue weighted by Crippen LogP contribution is 2.41. The summed E-state index contributed by atoms with van der Waals surface area (Å²) in [6.45, 7) is 1.78. The van der Waals surface area contributed by atoms with Gasteiger partial charge in [0.2, 0.25) is 5.60 Å². The van der Waals surface area contributed by atoms with Crippen LogP contribution in [-0.2, 0) is 9.53 Å². The van der Waals surface area contributed by atoms with E-state index in [9.17, 15) is 18.0 Å². The van der Waals surface area contributed by atoms with Crippen LogP contribution in [0.5, 0.6) is 0 Å². The molecule has 0 aliphatic carbocycles. The van der Waals surface area contributed by atoms with Crippen molar-refractivity contribution in [3.63, 3.8) is 0 Å². The molecule has 0 spiro atoms. The van der Waals surface area contributed by atoms with Crippen LogP contribution in [0.2, 0.25) is 0 Å². The second-order valence-electron chi connectivity index (χ2n) is 3.25. The Hall–Kier alpha value is -1.00. The van der Waals surface area contributed by atoms with Crippen molar-refractivity contribution in [2.24, 2.45) is 0 Å². The van der Waals surface area contributed by atoms with E-state index in [0.29, 0.717) is 12.8 Å². The lowest BCUT2D eigenvalue weighted by Crippen LogP contribution is -2.44. The van der Waals surface area contributed by atoms with Gasteiger partial charge in [0.25, 0.3) is 0 Å². The number of rotatable bonds is 3. The minimum Gasteiger partial charge on any atom is -0.442 e. The number of halogens is 3. The van der Waals surface area contributed by atoms with E-state index in [1.165, 1.54) is 0 Å². The molecule has 2 nitrogen and oxygen atoms in total. The minimum atomic E-state index is -4.52. The summed E-state index contributed by atoms with van der Waals surface area (Å²) in [5.41, 5.74) is -2.37. The number of carbonyl (C=O) groups is 1. The van der Waals surface area contributed by atoms with Gasteiger partial charge in [-0.2, -0.15) is 13.2 Å². The highest BCUT2D eigenvalue weighted by molar-refractivity contribution is 5.85. The van der Waals surface area contributed by atoms with E-state index >= 15 is 0 Å². The average molecular weight is 208 g/mol. The number of esters is 1. The molecule has 0 saturated carbocycles. The Kier molecular flexibility index (Phi) is 2.87. The zero-order valence-electron chi connectivity index (χ0n) is 7.73. The number of unbranched alkanes of at least 4 members (excludes halogenated alkanes) is 1. The van der Waals surface area contributed by atoms with E-state index in [1.807, 2.05) is 0 Å². The van der Waals surface area contributed by atoms with Crippen molar-refractivity contribution in [2.75, 3.05) is 0 Å². The van der Waals surface area contributed by atoms with Crippen molar-refractivity contribution in [3.8, 4) is 0 Å². The summed E-state index contributed by atoms with van der Waals surface area (Å²) in [7, 11) is 0. The predicted octanol–water partition coefficient (Wildman–Crippen LogP) is 2.59. The standard InChI is InChI=1S/C9H11F3O2/c1-2-3-5-8(9(10,11)12)6-4-7(13)14-8/h4,6H,2-3,5H2,1H3/t8-/m0/s1. The Morgan fingerprint density at radius 2 is 2.14 bits per heavy atom. The molecule has 0 aromatic rings. The molecule has 14 heavy (non-hydrogen) atoms. The van der Waals surface area contributed by atoms with Crippen molar-refractivity contribution in [3.05, 3.63) is 12.2 Å². The number of cyclic esters (lactones) is 1. The van der Waals surface area contributed by atoms with Crippen LogP contribution in [0.1, 0.15) is 26.2 Å². The summed E-state index contributed by atoms with van der Waals surface area (Å²) in [5, 5.41) is 0. The Labute approximate surface area is 79.7 Å². The third kappa shape index (κ3) is 1.91. The van der Waals surface area contributed by atoms with Crippen LogP contribution in [0.25, 0.3) is 0 Å². The minimum absolute atomic E-state index is 0.199. The molecule has 0 bridgehead atoms. The van der Waals surface area contributed by atoms with Crippen molar-refractivity contribution in [1.82, 2.24) is 0 Å². The summed E-state index contributed by atoms with van der Waals surface area (Å²) in [5.74, 6) is -0.918. The lowest BCUT2D eigenvalue weighted by atomic mass is 9.96. The van der Waals surface area contributed by atoms with Crippen molar-refractivity contribution >= 4 is 5.97 Å². The molecule has 0 saturated heterocycles. The number of hydrogen-bond acceptors (Lipinski definition) is 2. The largest absolute Gasteiger partial charge is 0.442 e. The summed E-state index contributed by atoms with van der Waals surface area (Å²) in [6, 6.07) is 0. The molecule has 0 unspecified atom stereocenters. The van der Waals surface area contributed by atoms with Crippen LogP contribution < -0.4 is 0 Å². The lowest BCUT2D eigenvalue weighted by molar-refractivity contribution is -0.247. The normalized spacial score (nSPS) is 26.7. The fourth-order valence-corrected chi connectivity index (χ4v) is 1.32. The zero-order chi connectivity index (χ0) is 10.8. The number of hydrogen-bond donors (Lipinski definition) is 0. The average Bonchev–Trinajstić information content (AvgIpc) is 2.44. The van der Waals surface area contributed by atoms with Crippen molar-refractivity contribution < 1.29 is 22.7 Å². The van der Waals surface area contributed by atoms with Crippen LogP contribution in [0.15, 0.2) is 12.2 Å². The van der Waals surface area contributed by atoms with Gasteiger partial charge in [-0.3, -0.25) is 0 Å². The summed E-state index contributed by atoms with van der Waals surface area (Å²) in [6.07, 6.45) is -2.07. The van der Waals surface area contributed by atoms with E-state index in [2.05, 4.69) is 4.74 Å². The molecule has 0 aromatic heterocycles. The molecule has 1 rings (SSSR count). The molecule has 0 N–H and O–H groups in total. The smallest absolute Gasteiger partial charge is 0.432 e. The molecule has 0 amide bonds. The predicted molar refractivity (Wildman–Crippen MR) is 43.5 cm³/mol. The van der Waals surface area contributed by atoms with E-state index in [-0.39, 0.29) is 6.42 Å². The monoisotopic (exact) mass is 208 g/mol. The van der Waals surface area contributed by atoms with Gasteiger partial charge in [0.1, 0.15) is 0 Å². The van der Waals surface area contributed by atoms with E-state index in [1.54, 1.807) is 6.92 Å². The first-order chi connectivity index (χ1) is 6.41. The quantitative estimate of drug-likeness (QED) is 0.666. The van der Waals surface area contributed by atoms with Crippen LogP contribution >= 0.6 is 0 Å². The van der Waals surface area contributed by atoms with Gasteiger partial charge >= 0.3 is 12.1 Å². The van der Waals surface area contributed by atoms with Crippen LogP contribution in [0.4, 0.5) is 13.2 Å². The Morgan fingerprint density at radius 3 is 2.50 bits per heavy atom. The molecule has 0 fully saturated rings. The van der Waals surface area contributed by atoms with E-state index in [4.69, 9.17) is 0 Å². The van der Waals surface area contributed by atoms with Crippen molar-refractivity contribution in [1.29, 1.82) is 0 Å². The highest BCUT2D eigenvalue weighted by atomic mass is 19.4. The molecular formula is C9H11F3O2. The third-order valence-corrected chi connectivity index (χ3v) is 2.15. The molecule has 1 aliphatic heterocycles. The third-order valence-electron chi connectivity index (χ3n) is 2.15. The molecule has 1 heterocycles. The highest BCUT2D eigenvalue weighted by Gasteiger charge is 2.57. The molecular weight excluding hydrogens is 197 g/mol. The maximum Gasteiger partial charge on any atom is 0.432 e. The van der Waals surface area contributed by atoms with Crippen LogP contribution in [-0.4, -0.2) is 17.7 Å². The first-order valence-corrected chi connectivity index (χ1v) is 4.40. The fourth-order valence-electron chi connectivity index (χ4n) is 1.32. The molecule has 1 atom stereocenters. The number of carbonyl (C=O) groups excluding carboxylic acids is 1. The first-order valence-electron chi connectivity index (χ1n) is 4.40. The Balaban J connectivity index is 2.82. The number of alkyl halides is 3. The van der Waals surface area contributed by atoms with Crippen LogP contribution in [0, 0.1) is 0 Å². The SMILES string of the molecule is CCCC[C@@]1(C(F)(F)F)C=CC(=O)O1. The molecule has 80 valence electrons. The van der Waals surface area contributed by atoms with Gasteiger partial charge in [-0.1, -0.05) is 13.3 Å². The molecule has 1 aliphatic rings. The molecule has 5 heteroatoms. The second-order valence-corrected chi connectivity index (χ2v) is 3.25. The number of ether oxygens (including phenoxy) is 1. The van der Waals surface area contributed by atoms with Gasteiger partial charge in [-0.05, 0) is 12.5 Å². The van der Waals surface area contributed by atoms with E-state index < -0.39 is 17.7 Å². The Morgan fingerprint density at radius 1 is 1.50 bits per heavy atom. The van der Waals surface area contributed by atoms with Gasteiger partial charge in [-0.25, -0.2) is 4.79 Å². The maximum atomic E-state index is 12.6. The van der Waals surface area contributed by atoms with Crippen LogP contribution in [0.3, 0.4) is 0 Å². The van der Waals surface area contributed by atoms with E-state index in [0.717, 1.165) is 12.2 Å². The molecule has 0 aromatic carbocycles. The van der Waals surface area contributed by atoms with Crippen molar-refractivity contribution in [2.45, 2.75) is 38.0 Å². The van der Waals surface area contributed by atoms with Gasteiger partial charge in [0.05, 0.1) is 0 Å². The topological polar surface area (TPSA) is 26.3 Å². The zero-order valence-corrected chi connectivity index (χ0v) is 7.73. The van der Waals surface area contributed by atoms with Gasteiger partial charge in [-0.15, -0.1) is 0 Å². The Bertz CT molecular complexity index is 257. The lowest BCUT2D eigenvalue weighted by Gasteiger charge is -2.28. The maximum absolute atomic E-state index is 12.6. The summed E-state index contributed by atoms with van der Waals surface area (Å²) < 4.78 is 42.1. The fraction of sp³-hybridized carbons (Fsp3) is 0.667. The van der Waals surface area contributed by atoms with Gasteiger partial charge < -0.3 is 4.74 Å². The summed E-state index contributed by atoms with van der Waals surface area (Å²) in [4.78, 5) is 10.7.